The van der Waals surface area contributed by atoms with E-state index in [9.17, 15) is 0 Å². The molecule has 0 radical (unpaired) electrons. The molecule has 84 valence electrons. The zero-order chi connectivity index (χ0) is 10.4. The van der Waals surface area contributed by atoms with E-state index in [2.05, 4.69) is 20.8 Å². The third kappa shape index (κ3) is 2.96. The van der Waals surface area contributed by atoms with Gasteiger partial charge in [-0.1, -0.05) is 40.0 Å². The van der Waals surface area contributed by atoms with Crippen LogP contribution in [0.4, 0.5) is 0 Å². The average molecular weight is 200 g/mol. The van der Waals surface area contributed by atoms with Crippen molar-refractivity contribution in [1.82, 2.24) is 0 Å². The minimum atomic E-state index is -0.181. The Labute approximate surface area is 87.9 Å². The molecule has 14 heavy (non-hydrogen) atoms. The Morgan fingerprint density at radius 3 is 2.07 bits per heavy atom. The largest absolute Gasteiger partial charge is 0.237 e. The van der Waals surface area contributed by atoms with E-state index in [4.69, 9.17) is 9.78 Å². The van der Waals surface area contributed by atoms with Gasteiger partial charge in [0.1, 0.15) is 0 Å². The maximum absolute atomic E-state index is 5.25. The molecule has 0 saturated carbocycles. The van der Waals surface area contributed by atoms with Gasteiger partial charge in [-0.2, -0.15) is 9.78 Å². The van der Waals surface area contributed by atoms with Crippen LogP contribution in [0.15, 0.2) is 0 Å². The lowest BCUT2D eigenvalue weighted by molar-refractivity contribution is 0.0850. The van der Waals surface area contributed by atoms with E-state index in [-0.39, 0.29) is 5.79 Å². The molecular weight excluding hydrogens is 176 g/mol. The van der Waals surface area contributed by atoms with Crippen LogP contribution in [0.1, 0.15) is 65.7 Å². The molecule has 1 fully saturated rings. The van der Waals surface area contributed by atoms with Crippen molar-refractivity contribution in [2.75, 3.05) is 0 Å². The second-order valence-corrected chi connectivity index (χ2v) is 4.33. The van der Waals surface area contributed by atoms with Crippen LogP contribution in [-0.2, 0) is 9.78 Å². The zero-order valence-corrected chi connectivity index (χ0v) is 9.84. The Morgan fingerprint density at radius 1 is 1.00 bits per heavy atom. The van der Waals surface area contributed by atoms with Crippen molar-refractivity contribution < 1.29 is 9.78 Å². The lowest BCUT2D eigenvalue weighted by Crippen LogP contribution is -2.23. The van der Waals surface area contributed by atoms with Crippen molar-refractivity contribution in [2.24, 2.45) is 5.92 Å². The highest BCUT2D eigenvalue weighted by Crippen LogP contribution is 2.45. The summed E-state index contributed by atoms with van der Waals surface area (Å²) in [5.41, 5.74) is 0. The second-order valence-electron chi connectivity index (χ2n) is 4.33. The lowest BCUT2D eigenvalue weighted by atomic mass is 9.88. The normalized spacial score (nSPS) is 20.8. The van der Waals surface area contributed by atoms with Gasteiger partial charge in [0.05, 0.1) is 0 Å². The molecule has 2 nitrogen and oxygen atoms in total. The van der Waals surface area contributed by atoms with E-state index in [1.165, 1.54) is 38.5 Å². The van der Waals surface area contributed by atoms with Crippen LogP contribution in [0.3, 0.4) is 0 Å². The minimum absolute atomic E-state index is 0.181. The maximum Gasteiger partial charge on any atom is 0.237 e. The molecular formula is C12H24O2. The quantitative estimate of drug-likeness (QED) is 0.436. The van der Waals surface area contributed by atoms with E-state index in [1.807, 2.05) is 0 Å². The summed E-state index contributed by atoms with van der Waals surface area (Å²) in [6.45, 7) is 6.68. The molecule has 0 N–H and O–H groups in total. The SMILES string of the molecule is CCCCC(CC)C1(CCCC)OO1. The molecule has 1 aliphatic heterocycles. The van der Waals surface area contributed by atoms with Crippen LogP contribution in [-0.4, -0.2) is 5.79 Å². The predicted molar refractivity (Wildman–Crippen MR) is 57.7 cm³/mol. The summed E-state index contributed by atoms with van der Waals surface area (Å²) in [7, 11) is 0. The van der Waals surface area contributed by atoms with Gasteiger partial charge < -0.3 is 0 Å². The van der Waals surface area contributed by atoms with Gasteiger partial charge in [-0.25, -0.2) is 0 Å². The van der Waals surface area contributed by atoms with E-state index >= 15 is 0 Å². The Balaban J connectivity index is 2.34. The Hall–Kier alpha value is -0.0800. The fourth-order valence-electron chi connectivity index (χ4n) is 2.09. The first-order valence-electron chi connectivity index (χ1n) is 6.15. The smallest absolute Gasteiger partial charge is 0.195 e. The molecule has 1 saturated heterocycles. The molecule has 0 spiro atoms. The number of hydrogen-bond acceptors (Lipinski definition) is 2. The first-order valence-corrected chi connectivity index (χ1v) is 6.15. The van der Waals surface area contributed by atoms with Crippen LogP contribution in [0.5, 0.6) is 0 Å². The summed E-state index contributed by atoms with van der Waals surface area (Å²) >= 11 is 0. The van der Waals surface area contributed by atoms with Crippen molar-refractivity contribution in [3.05, 3.63) is 0 Å². The highest BCUT2D eigenvalue weighted by Gasteiger charge is 2.53. The first-order chi connectivity index (χ1) is 6.79. The Bertz CT molecular complexity index is 152. The first kappa shape index (κ1) is 12.0. The van der Waals surface area contributed by atoms with Gasteiger partial charge in [0, 0.05) is 12.3 Å². The van der Waals surface area contributed by atoms with E-state index in [1.54, 1.807) is 0 Å². The van der Waals surface area contributed by atoms with Gasteiger partial charge in [-0.15, -0.1) is 0 Å². The summed E-state index contributed by atoms with van der Waals surface area (Å²) in [5.74, 6) is 0.425. The molecule has 0 aliphatic carbocycles. The van der Waals surface area contributed by atoms with Crippen LogP contribution in [0, 0.1) is 5.92 Å². The predicted octanol–water partition coefficient (Wildman–Crippen LogP) is 4.05. The summed E-state index contributed by atoms with van der Waals surface area (Å²) in [4.78, 5) is 10.5. The minimum Gasteiger partial charge on any atom is -0.195 e. The van der Waals surface area contributed by atoms with Crippen molar-refractivity contribution >= 4 is 0 Å². The number of hydrogen-bond donors (Lipinski definition) is 0. The highest BCUT2D eigenvalue weighted by atomic mass is 17.4. The number of unbranched alkanes of at least 4 members (excludes halogenated alkanes) is 2. The van der Waals surface area contributed by atoms with Gasteiger partial charge in [-0.05, 0) is 19.3 Å². The topological polar surface area (TPSA) is 25.1 Å². The average Bonchev–Trinajstić information content (AvgIpc) is 2.97. The van der Waals surface area contributed by atoms with Crippen LogP contribution < -0.4 is 0 Å². The Morgan fingerprint density at radius 2 is 1.64 bits per heavy atom. The van der Waals surface area contributed by atoms with E-state index in [0.29, 0.717) is 5.92 Å². The molecule has 0 aromatic heterocycles. The molecule has 1 atom stereocenters. The summed E-state index contributed by atoms with van der Waals surface area (Å²) < 4.78 is 0. The molecule has 1 unspecified atom stereocenters. The molecule has 0 amide bonds. The van der Waals surface area contributed by atoms with Crippen LogP contribution in [0.25, 0.3) is 0 Å². The van der Waals surface area contributed by atoms with E-state index < -0.39 is 0 Å². The van der Waals surface area contributed by atoms with Crippen molar-refractivity contribution in [3.63, 3.8) is 0 Å². The third-order valence-electron chi connectivity index (χ3n) is 3.20. The standard InChI is InChI=1S/C12H24O2/c1-4-7-9-11(6-3)12(13-14-12)10-8-5-2/h11H,4-10H2,1-3H3. The van der Waals surface area contributed by atoms with Crippen LogP contribution >= 0.6 is 0 Å². The lowest BCUT2D eigenvalue weighted by Gasteiger charge is -2.18. The molecule has 1 heterocycles. The number of rotatable bonds is 8. The molecule has 0 aromatic rings. The van der Waals surface area contributed by atoms with Crippen molar-refractivity contribution in [3.8, 4) is 0 Å². The fraction of sp³-hybridized carbons (Fsp3) is 1.00. The van der Waals surface area contributed by atoms with Crippen molar-refractivity contribution in [1.29, 1.82) is 0 Å². The molecule has 2 heteroatoms. The van der Waals surface area contributed by atoms with Gasteiger partial charge in [0.25, 0.3) is 0 Å². The molecule has 1 aliphatic rings. The highest BCUT2D eigenvalue weighted by molar-refractivity contribution is 4.82. The monoisotopic (exact) mass is 200 g/mol. The molecule has 0 bridgehead atoms. The zero-order valence-electron chi connectivity index (χ0n) is 9.84. The molecule has 0 aromatic carbocycles. The molecule has 1 rings (SSSR count). The second kappa shape index (κ2) is 5.72. The van der Waals surface area contributed by atoms with Gasteiger partial charge in [0.2, 0.25) is 5.79 Å². The fourth-order valence-corrected chi connectivity index (χ4v) is 2.09. The maximum atomic E-state index is 5.25. The van der Waals surface area contributed by atoms with Crippen molar-refractivity contribution in [2.45, 2.75) is 71.5 Å². The van der Waals surface area contributed by atoms with Crippen LogP contribution in [0.2, 0.25) is 0 Å². The Kier molecular flexibility index (Phi) is 4.90. The summed E-state index contributed by atoms with van der Waals surface area (Å²) in [6, 6.07) is 0. The van der Waals surface area contributed by atoms with E-state index in [0.717, 1.165) is 6.42 Å². The van der Waals surface area contributed by atoms with Gasteiger partial charge in [0.15, 0.2) is 0 Å². The third-order valence-corrected chi connectivity index (χ3v) is 3.20. The van der Waals surface area contributed by atoms with Gasteiger partial charge in [-0.3, -0.25) is 0 Å². The van der Waals surface area contributed by atoms with Gasteiger partial charge >= 0.3 is 0 Å². The summed E-state index contributed by atoms with van der Waals surface area (Å²) in [5, 5.41) is 0. The summed E-state index contributed by atoms with van der Waals surface area (Å²) in [6.07, 6.45) is 8.48.